The third kappa shape index (κ3) is 2.44. The zero-order valence-electron chi connectivity index (χ0n) is 9.74. The highest BCUT2D eigenvalue weighted by molar-refractivity contribution is 5.10. The second kappa shape index (κ2) is 5.46. The number of nitrogens with zero attached hydrogens (tertiary/aromatic N) is 1. The summed E-state index contributed by atoms with van der Waals surface area (Å²) < 4.78 is 10.7. The van der Waals surface area contributed by atoms with Gasteiger partial charge in [-0.25, -0.2) is 4.98 Å². The van der Waals surface area contributed by atoms with Crippen LogP contribution in [0.5, 0.6) is 0 Å². The summed E-state index contributed by atoms with van der Waals surface area (Å²) in [5.41, 5.74) is 0.741. The number of aromatic nitrogens is 1. The molecule has 0 unspecified atom stereocenters. The van der Waals surface area contributed by atoms with Gasteiger partial charge in [0, 0.05) is 13.0 Å². The molecular formula is C12H19NO3. The van der Waals surface area contributed by atoms with Crippen molar-refractivity contribution in [2.75, 3.05) is 7.11 Å². The van der Waals surface area contributed by atoms with Gasteiger partial charge in [0.1, 0.15) is 12.3 Å². The van der Waals surface area contributed by atoms with Crippen molar-refractivity contribution in [3.05, 3.63) is 17.3 Å². The van der Waals surface area contributed by atoms with Gasteiger partial charge in [-0.3, -0.25) is 0 Å². The topological polar surface area (TPSA) is 55.5 Å². The van der Waals surface area contributed by atoms with Gasteiger partial charge in [-0.1, -0.05) is 19.3 Å². The van der Waals surface area contributed by atoms with Crippen molar-refractivity contribution in [1.29, 1.82) is 0 Å². The molecule has 0 aromatic carbocycles. The lowest BCUT2D eigenvalue weighted by molar-refractivity contribution is 0.174. The predicted octanol–water partition coefficient (Wildman–Crippen LogP) is 2.36. The zero-order valence-corrected chi connectivity index (χ0v) is 9.74. The van der Waals surface area contributed by atoms with Gasteiger partial charge in [0.2, 0.25) is 0 Å². The molecule has 16 heavy (non-hydrogen) atoms. The first-order valence-corrected chi connectivity index (χ1v) is 5.93. The van der Waals surface area contributed by atoms with E-state index in [4.69, 9.17) is 14.3 Å². The third-order valence-electron chi connectivity index (χ3n) is 3.17. The molecule has 1 fully saturated rings. The number of rotatable bonds is 4. The van der Waals surface area contributed by atoms with Crippen molar-refractivity contribution in [3.63, 3.8) is 0 Å². The molecular weight excluding hydrogens is 206 g/mol. The van der Waals surface area contributed by atoms with Crippen molar-refractivity contribution in [3.8, 4) is 0 Å². The quantitative estimate of drug-likeness (QED) is 0.854. The van der Waals surface area contributed by atoms with E-state index in [1.165, 1.54) is 19.3 Å². The molecule has 1 saturated carbocycles. The second-order valence-electron chi connectivity index (χ2n) is 4.35. The lowest BCUT2D eigenvalue weighted by Gasteiger charge is -2.17. The molecule has 0 spiro atoms. The van der Waals surface area contributed by atoms with E-state index in [0.29, 0.717) is 18.3 Å². The fourth-order valence-corrected chi connectivity index (χ4v) is 2.30. The molecule has 0 saturated heterocycles. The SMILES string of the molecule is COCc1nc(C2CCCCC2)oc1CO. The van der Waals surface area contributed by atoms with Crippen molar-refractivity contribution >= 4 is 0 Å². The number of hydrogen-bond donors (Lipinski definition) is 1. The van der Waals surface area contributed by atoms with Gasteiger partial charge in [0.15, 0.2) is 11.7 Å². The standard InChI is InChI=1S/C12H19NO3/c1-15-8-10-11(7-14)16-12(13-10)9-5-3-2-4-6-9/h9,14H,2-8H2,1H3. The summed E-state index contributed by atoms with van der Waals surface area (Å²) >= 11 is 0. The van der Waals surface area contributed by atoms with E-state index < -0.39 is 0 Å². The molecule has 0 amide bonds. The van der Waals surface area contributed by atoms with Crippen molar-refractivity contribution < 1.29 is 14.3 Å². The number of aliphatic hydroxyl groups is 1. The summed E-state index contributed by atoms with van der Waals surface area (Å²) in [6.45, 7) is 0.310. The van der Waals surface area contributed by atoms with Crippen LogP contribution in [0.1, 0.15) is 55.4 Å². The van der Waals surface area contributed by atoms with Crippen LogP contribution < -0.4 is 0 Å². The Morgan fingerprint density at radius 1 is 1.38 bits per heavy atom. The Labute approximate surface area is 95.6 Å². The number of aliphatic hydroxyl groups excluding tert-OH is 1. The molecule has 1 heterocycles. The van der Waals surface area contributed by atoms with Gasteiger partial charge < -0.3 is 14.3 Å². The maximum absolute atomic E-state index is 9.17. The van der Waals surface area contributed by atoms with E-state index in [2.05, 4.69) is 4.98 Å². The number of ether oxygens (including phenoxy) is 1. The molecule has 4 heteroatoms. The van der Waals surface area contributed by atoms with Crippen LogP contribution in [0.4, 0.5) is 0 Å². The Bertz CT molecular complexity index is 329. The average Bonchev–Trinajstić information content (AvgIpc) is 2.74. The largest absolute Gasteiger partial charge is 0.443 e. The third-order valence-corrected chi connectivity index (χ3v) is 3.17. The summed E-state index contributed by atoms with van der Waals surface area (Å²) in [4.78, 5) is 4.44. The highest BCUT2D eigenvalue weighted by atomic mass is 16.5. The monoisotopic (exact) mass is 225 g/mol. The molecule has 90 valence electrons. The van der Waals surface area contributed by atoms with Crippen LogP contribution in [0, 0.1) is 0 Å². The van der Waals surface area contributed by atoms with Gasteiger partial charge in [0.25, 0.3) is 0 Å². The molecule has 0 atom stereocenters. The summed E-state index contributed by atoms with van der Waals surface area (Å²) in [6.07, 6.45) is 6.12. The zero-order chi connectivity index (χ0) is 11.4. The van der Waals surface area contributed by atoms with E-state index in [0.717, 1.165) is 24.4 Å². The van der Waals surface area contributed by atoms with Gasteiger partial charge in [-0.05, 0) is 12.8 Å². The lowest BCUT2D eigenvalue weighted by Crippen LogP contribution is -2.04. The Balaban J connectivity index is 2.14. The minimum Gasteiger partial charge on any atom is -0.443 e. The summed E-state index contributed by atoms with van der Waals surface area (Å²) in [5.74, 6) is 1.78. The average molecular weight is 225 g/mol. The van der Waals surface area contributed by atoms with Crippen LogP contribution in [0.2, 0.25) is 0 Å². The van der Waals surface area contributed by atoms with E-state index in [1.54, 1.807) is 7.11 Å². The van der Waals surface area contributed by atoms with Crippen LogP contribution in [0.15, 0.2) is 4.42 Å². The van der Waals surface area contributed by atoms with Gasteiger partial charge in [-0.2, -0.15) is 0 Å². The molecule has 1 aliphatic rings. The lowest BCUT2D eigenvalue weighted by atomic mass is 9.89. The predicted molar refractivity (Wildman–Crippen MR) is 59.0 cm³/mol. The number of oxazole rings is 1. The molecule has 1 aromatic rings. The highest BCUT2D eigenvalue weighted by Crippen LogP contribution is 2.33. The molecule has 2 rings (SSSR count). The Morgan fingerprint density at radius 2 is 2.12 bits per heavy atom. The maximum atomic E-state index is 9.17. The Morgan fingerprint density at radius 3 is 2.75 bits per heavy atom. The van der Waals surface area contributed by atoms with Crippen molar-refractivity contribution in [2.45, 2.75) is 51.2 Å². The van der Waals surface area contributed by atoms with E-state index in [-0.39, 0.29) is 6.61 Å². The molecule has 0 bridgehead atoms. The smallest absolute Gasteiger partial charge is 0.197 e. The minimum atomic E-state index is -0.0988. The first kappa shape index (κ1) is 11.6. The van der Waals surface area contributed by atoms with E-state index in [1.807, 2.05) is 0 Å². The molecule has 1 aliphatic carbocycles. The van der Waals surface area contributed by atoms with Gasteiger partial charge in [0.05, 0.1) is 6.61 Å². The van der Waals surface area contributed by atoms with Crippen LogP contribution in [-0.2, 0) is 18.0 Å². The molecule has 4 nitrogen and oxygen atoms in total. The summed E-state index contributed by atoms with van der Waals surface area (Å²) in [5, 5.41) is 9.17. The van der Waals surface area contributed by atoms with Crippen LogP contribution in [0.25, 0.3) is 0 Å². The fraction of sp³-hybridized carbons (Fsp3) is 0.750. The summed E-state index contributed by atoms with van der Waals surface area (Å²) in [6, 6.07) is 0. The molecule has 0 aliphatic heterocycles. The van der Waals surface area contributed by atoms with Gasteiger partial charge in [-0.15, -0.1) is 0 Å². The van der Waals surface area contributed by atoms with Crippen molar-refractivity contribution in [1.82, 2.24) is 4.98 Å². The minimum absolute atomic E-state index is 0.0988. The van der Waals surface area contributed by atoms with Crippen LogP contribution in [0.3, 0.4) is 0 Å². The maximum Gasteiger partial charge on any atom is 0.197 e. The van der Waals surface area contributed by atoms with Crippen molar-refractivity contribution in [2.24, 2.45) is 0 Å². The molecule has 1 N–H and O–H groups in total. The Hall–Kier alpha value is -0.870. The number of hydrogen-bond acceptors (Lipinski definition) is 4. The fourth-order valence-electron chi connectivity index (χ4n) is 2.30. The summed E-state index contributed by atoms with van der Waals surface area (Å²) in [7, 11) is 1.62. The van der Waals surface area contributed by atoms with E-state index in [9.17, 15) is 0 Å². The van der Waals surface area contributed by atoms with Gasteiger partial charge >= 0.3 is 0 Å². The molecule has 1 aromatic heterocycles. The normalized spacial score (nSPS) is 17.9. The Kier molecular flexibility index (Phi) is 3.96. The number of methoxy groups -OCH3 is 1. The molecule has 0 radical (unpaired) electrons. The first-order chi connectivity index (χ1) is 7.85. The van der Waals surface area contributed by atoms with E-state index >= 15 is 0 Å². The first-order valence-electron chi connectivity index (χ1n) is 5.93. The van der Waals surface area contributed by atoms with Crippen LogP contribution >= 0.6 is 0 Å². The van der Waals surface area contributed by atoms with Crippen LogP contribution in [-0.4, -0.2) is 17.2 Å². The second-order valence-corrected chi connectivity index (χ2v) is 4.35. The highest BCUT2D eigenvalue weighted by Gasteiger charge is 2.22.